The Kier molecular flexibility index (Phi) is 4.14. The Labute approximate surface area is 154 Å². The van der Waals surface area contributed by atoms with Gasteiger partial charge in [0, 0.05) is 17.1 Å². The average Bonchev–Trinajstić information content (AvgIpc) is 3.26. The molecule has 9 heteroatoms. The van der Waals surface area contributed by atoms with Gasteiger partial charge in [-0.2, -0.15) is 9.97 Å². The summed E-state index contributed by atoms with van der Waals surface area (Å²) in [6, 6.07) is 3.48. The molecule has 0 radical (unpaired) electrons. The number of amides is 1. The molecule has 0 aliphatic heterocycles. The summed E-state index contributed by atoms with van der Waals surface area (Å²) < 4.78 is 23.8. The number of anilines is 1. The van der Waals surface area contributed by atoms with Crippen LogP contribution in [0.3, 0.4) is 0 Å². The van der Waals surface area contributed by atoms with Gasteiger partial charge in [-0.25, -0.2) is 9.37 Å². The molecule has 0 aromatic carbocycles. The van der Waals surface area contributed by atoms with Gasteiger partial charge in [0.2, 0.25) is 17.7 Å². The van der Waals surface area contributed by atoms with E-state index < -0.39 is 12.1 Å². The van der Waals surface area contributed by atoms with Crippen LogP contribution < -0.4 is 14.8 Å². The third-order valence-corrected chi connectivity index (χ3v) is 4.45. The van der Waals surface area contributed by atoms with E-state index in [0.717, 1.165) is 10.9 Å². The molecule has 1 aliphatic carbocycles. The fourth-order valence-electron chi connectivity index (χ4n) is 2.98. The highest BCUT2D eigenvalue weighted by Gasteiger charge is 2.43. The number of alkyl halides is 1. The van der Waals surface area contributed by atoms with Crippen molar-refractivity contribution in [3.8, 4) is 22.9 Å². The van der Waals surface area contributed by atoms with Gasteiger partial charge in [0.15, 0.2) is 0 Å². The minimum Gasteiger partial charge on any atom is -0.480 e. The summed E-state index contributed by atoms with van der Waals surface area (Å²) in [5, 5.41) is 3.43. The van der Waals surface area contributed by atoms with Crippen LogP contribution in [0.1, 0.15) is 12.2 Å². The molecule has 140 valence electrons. The number of nitrogens with zero attached hydrogens (tertiary/aromatic N) is 3. The average molecular weight is 371 g/mol. The third-order valence-electron chi connectivity index (χ3n) is 4.45. The molecule has 3 aromatic rings. The maximum absolute atomic E-state index is 13.0. The Bertz CT molecular complexity index is 1010. The van der Waals surface area contributed by atoms with E-state index in [2.05, 4.69) is 25.3 Å². The lowest BCUT2D eigenvalue weighted by Gasteiger charge is -2.11. The summed E-state index contributed by atoms with van der Waals surface area (Å²) in [6.07, 6.45) is 0.974. The third kappa shape index (κ3) is 3.05. The van der Waals surface area contributed by atoms with Crippen molar-refractivity contribution >= 4 is 22.8 Å². The minimum absolute atomic E-state index is 0.272. The predicted octanol–water partition coefficient (Wildman–Crippen LogP) is 2.64. The van der Waals surface area contributed by atoms with Gasteiger partial charge in [0.25, 0.3) is 0 Å². The number of fused-ring (bicyclic) bond motifs is 1. The second-order valence-corrected chi connectivity index (χ2v) is 6.31. The first kappa shape index (κ1) is 17.2. The number of aromatic nitrogens is 4. The van der Waals surface area contributed by atoms with Gasteiger partial charge in [0.05, 0.1) is 20.1 Å². The molecule has 1 saturated carbocycles. The van der Waals surface area contributed by atoms with Gasteiger partial charge in [-0.3, -0.25) is 4.79 Å². The van der Waals surface area contributed by atoms with Gasteiger partial charge >= 0.3 is 0 Å². The van der Waals surface area contributed by atoms with Crippen LogP contribution >= 0.6 is 0 Å². The van der Waals surface area contributed by atoms with Crippen molar-refractivity contribution in [1.29, 1.82) is 0 Å². The SMILES string of the molecule is COc1nc(C)nc(OC)c1-c1c[nH]c2nc(NC(=O)[C@@H]3C[C@@H]3F)ccc12. The number of hydrogen-bond acceptors (Lipinski definition) is 6. The van der Waals surface area contributed by atoms with E-state index in [-0.39, 0.29) is 12.3 Å². The van der Waals surface area contributed by atoms with Crippen LogP contribution in [-0.4, -0.2) is 46.2 Å². The van der Waals surface area contributed by atoms with Crippen molar-refractivity contribution in [3.05, 3.63) is 24.2 Å². The largest absolute Gasteiger partial charge is 0.480 e. The summed E-state index contributed by atoms with van der Waals surface area (Å²) in [4.78, 5) is 28.0. The van der Waals surface area contributed by atoms with Crippen LogP contribution in [0.5, 0.6) is 11.8 Å². The number of hydrogen-bond donors (Lipinski definition) is 2. The highest BCUT2D eigenvalue weighted by Crippen LogP contribution is 2.40. The van der Waals surface area contributed by atoms with Crippen LogP contribution in [0.2, 0.25) is 0 Å². The Morgan fingerprint density at radius 1 is 1.22 bits per heavy atom. The molecule has 1 fully saturated rings. The molecule has 0 spiro atoms. The fraction of sp³-hybridized carbons (Fsp3) is 0.333. The maximum Gasteiger partial charge on any atom is 0.231 e. The molecule has 3 aromatic heterocycles. The lowest BCUT2D eigenvalue weighted by Crippen LogP contribution is -2.15. The van der Waals surface area contributed by atoms with Crippen LogP contribution in [0.25, 0.3) is 22.2 Å². The number of ether oxygens (including phenoxy) is 2. The van der Waals surface area contributed by atoms with E-state index >= 15 is 0 Å². The van der Waals surface area contributed by atoms with Gasteiger partial charge in [-0.15, -0.1) is 0 Å². The highest BCUT2D eigenvalue weighted by atomic mass is 19.1. The van der Waals surface area contributed by atoms with Crippen molar-refractivity contribution in [2.75, 3.05) is 19.5 Å². The van der Waals surface area contributed by atoms with Crippen molar-refractivity contribution in [1.82, 2.24) is 19.9 Å². The van der Waals surface area contributed by atoms with Gasteiger partial charge in [-0.05, 0) is 25.5 Å². The highest BCUT2D eigenvalue weighted by molar-refractivity contribution is 5.99. The quantitative estimate of drug-likeness (QED) is 0.715. The second-order valence-electron chi connectivity index (χ2n) is 6.31. The molecule has 2 N–H and O–H groups in total. The first-order valence-electron chi connectivity index (χ1n) is 8.42. The minimum atomic E-state index is -1.05. The van der Waals surface area contributed by atoms with E-state index in [0.29, 0.717) is 34.6 Å². The molecular weight excluding hydrogens is 353 g/mol. The van der Waals surface area contributed by atoms with Crippen LogP contribution in [-0.2, 0) is 4.79 Å². The van der Waals surface area contributed by atoms with Crippen molar-refractivity contribution in [2.45, 2.75) is 19.5 Å². The fourth-order valence-corrected chi connectivity index (χ4v) is 2.98. The zero-order valence-electron chi connectivity index (χ0n) is 15.0. The van der Waals surface area contributed by atoms with Gasteiger partial charge in [0.1, 0.15) is 29.0 Å². The van der Waals surface area contributed by atoms with Crippen molar-refractivity contribution < 1.29 is 18.7 Å². The number of aryl methyl sites for hydroxylation is 1. The summed E-state index contributed by atoms with van der Waals surface area (Å²) in [5.41, 5.74) is 1.92. The zero-order valence-corrected chi connectivity index (χ0v) is 15.0. The van der Waals surface area contributed by atoms with E-state index in [1.54, 1.807) is 19.2 Å². The Balaban J connectivity index is 1.73. The topological polar surface area (TPSA) is 102 Å². The molecule has 2 atom stereocenters. The first-order valence-corrected chi connectivity index (χ1v) is 8.42. The van der Waals surface area contributed by atoms with E-state index in [9.17, 15) is 9.18 Å². The number of rotatable bonds is 5. The van der Waals surface area contributed by atoms with Crippen molar-refractivity contribution in [2.24, 2.45) is 5.92 Å². The van der Waals surface area contributed by atoms with E-state index in [4.69, 9.17) is 9.47 Å². The standard InChI is InChI=1S/C18H18FN5O3/c1-8-21-17(26-2)14(18(22-8)27-3)11-7-20-15-9(11)4-5-13(23-15)24-16(25)10-6-12(10)19/h4-5,7,10,12H,6H2,1-3H3,(H2,20,23,24,25)/t10-,12+/m1/s1. The molecule has 4 rings (SSSR count). The molecule has 1 amide bonds. The molecule has 0 unspecified atom stereocenters. The summed E-state index contributed by atoms with van der Waals surface area (Å²) >= 11 is 0. The smallest absolute Gasteiger partial charge is 0.231 e. The molecule has 8 nitrogen and oxygen atoms in total. The molecular formula is C18H18FN5O3. The molecule has 0 bridgehead atoms. The molecule has 3 heterocycles. The monoisotopic (exact) mass is 371 g/mol. The summed E-state index contributed by atoms with van der Waals surface area (Å²) in [7, 11) is 3.06. The van der Waals surface area contributed by atoms with Gasteiger partial charge in [-0.1, -0.05) is 0 Å². The predicted molar refractivity (Wildman–Crippen MR) is 96.6 cm³/mol. The normalized spacial score (nSPS) is 18.4. The lowest BCUT2D eigenvalue weighted by molar-refractivity contribution is -0.117. The summed E-state index contributed by atoms with van der Waals surface area (Å²) in [6.45, 7) is 1.75. The number of carbonyl (C=O) groups is 1. The van der Waals surface area contributed by atoms with Gasteiger partial charge < -0.3 is 19.8 Å². The summed E-state index contributed by atoms with van der Waals surface area (Å²) in [5.74, 6) is 0.748. The zero-order chi connectivity index (χ0) is 19.1. The number of nitrogens with one attached hydrogen (secondary N) is 2. The van der Waals surface area contributed by atoms with Crippen LogP contribution in [0.4, 0.5) is 10.2 Å². The molecule has 1 aliphatic rings. The lowest BCUT2D eigenvalue weighted by atomic mass is 10.1. The Hall–Kier alpha value is -3.23. The molecule has 0 saturated heterocycles. The first-order chi connectivity index (χ1) is 13.0. The van der Waals surface area contributed by atoms with E-state index in [1.165, 1.54) is 14.2 Å². The number of pyridine rings is 1. The number of halogens is 1. The van der Waals surface area contributed by atoms with E-state index in [1.807, 2.05) is 6.07 Å². The van der Waals surface area contributed by atoms with Crippen LogP contribution in [0, 0.1) is 12.8 Å². The number of aromatic amines is 1. The molecule has 27 heavy (non-hydrogen) atoms. The maximum atomic E-state index is 13.0. The van der Waals surface area contributed by atoms with Crippen molar-refractivity contribution in [3.63, 3.8) is 0 Å². The number of carbonyl (C=O) groups excluding carboxylic acids is 1. The van der Waals surface area contributed by atoms with Crippen LogP contribution in [0.15, 0.2) is 18.3 Å². The number of methoxy groups -OCH3 is 2. The second kappa shape index (κ2) is 6.49. The Morgan fingerprint density at radius 3 is 2.48 bits per heavy atom. The number of H-pyrrole nitrogens is 1. The Morgan fingerprint density at radius 2 is 1.89 bits per heavy atom.